The Hall–Kier alpha value is -3.88. The number of amides is 2. The van der Waals surface area contributed by atoms with Crippen molar-refractivity contribution in [3.05, 3.63) is 64.3 Å². The second-order valence-electron chi connectivity index (χ2n) is 7.15. The van der Waals surface area contributed by atoms with E-state index in [4.69, 9.17) is 0 Å². The van der Waals surface area contributed by atoms with E-state index in [2.05, 4.69) is 10.3 Å². The summed E-state index contributed by atoms with van der Waals surface area (Å²) in [7, 11) is 0. The number of anilines is 2. The van der Waals surface area contributed by atoms with Crippen LogP contribution in [0.25, 0.3) is 10.9 Å². The van der Waals surface area contributed by atoms with E-state index in [-0.39, 0.29) is 17.2 Å². The fourth-order valence-corrected chi connectivity index (χ4v) is 3.73. The lowest BCUT2D eigenvalue weighted by Gasteiger charge is -2.35. The van der Waals surface area contributed by atoms with E-state index in [0.29, 0.717) is 37.6 Å². The minimum Gasteiger partial charge on any atom is -0.362 e. The molecule has 3 aromatic rings. The summed E-state index contributed by atoms with van der Waals surface area (Å²) in [6, 6.07) is 11.9. The van der Waals surface area contributed by atoms with Gasteiger partial charge in [0.1, 0.15) is 5.69 Å². The topological polar surface area (TPSA) is 112 Å². The molecule has 9 nitrogen and oxygen atoms in total. The Bertz CT molecular complexity index is 1130. The molecular formula is C21H21N5O4. The normalized spacial score (nSPS) is 14.0. The minimum absolute atomic E-state index is 0.00592. The summed E-state index contributed by atoms with van der Waals surface area (Å²) in [6.45, 7) is 3.53. The second-order valence-corrected chi connectivity index (χ2v) is 7.15. The smallest absolute Gasteiger partial charge is 0.293 e. The molecule has 154 valence electrons. The van der Waals surface area contributed by atoms with Crippen molar-refractivity contribution in [3.63, 3.8) is 0 Å². The van der Waals surface area contributed by atoms with Crippen molar-refractivity contribution < 1.29 is 14.5 Å². The maximum atomic E-state index is 12.8. The molecule has 0 spiro atoms. The Kier molecular flexibility index (Phi) is 5.09. The highest BCUT2D eigenvalue weighted by Crippen LogP contribution is 2.31. The number of hydrogen-bond donors (Lipinski definition) is 2. The average molecular weight is 407 g/mol. The first-order chi connectivity index (χ1) is 14.4. The fraction of sp³-hybridized carbons (Fsp3) is 0.238. The molecule has 2 N–H and O–H groups in total. The molecule has 1 aromatic heterocycles. The first-order valence-corrected chi connectivity index (χ1v) is 9.60. The molecule has 1 fully saturated rings. The van der Waals surface area contributed by atoms with Gasteiger partial charge in [0.05, 0.1) is 10.6 Å². The Morgan fingerprint density at radius 1 is 1.10 bits per heavy atom. The molecule has 0 bridgehead atoms. The number of fused-ring (bicyclic) bond motifs is 1. The number of piperazine rings is 1. The number of nitro groups is 1. The first-order valence-electron chi connectivity index (χ1n) is 9.60. The maximum Gasteiger partial charge on any atom is 0.293 e. The summed E-state index contributed by atoms with van der Waals surface area (Å²) in [4.78, 5) is 42.1. The van der Waals surface area contributed by atoms with E-state index < -0.39 is 10.8 Å². The van der Waals surface area contributed by atoms with Crippen LogP contribution in [0.4, 0.5) is 17.1 Å². The van der Waals surface area contributed by atoms with Gasteiger partial charge in [-0.1, -0.05) is 6.07 Å². The summed E-state index contributed by atoms with van der Waals surface area (Å²) >= 11 is 0. The average Bonchev–Trinajstić information content (AvgIpc) is 3.23. The van der Waals surface area contributed by atoms with Crippen molar-refractivity contribution in [2.75, 3.05) is 36.4 Å². The number of benzene rings is 2. The zero-order valence-electron chi connectivity index (χ0n) is 16.4. The molecule has 1 aliphatic rings. The molecule has 0 atom stereocenters. The monoisotopic (exact) mass is 407 g/mol. The lowest BCUT2D eigenvalue weighted by molar-refractivity contribution is -0.384. The van der Waals surface area contributed by atoms with Gasteiger partial charge in [0.25, 0.3) is 11.6 Å². The van der Waals surface area contributed by atoms with Crippen LogP contribution in [0.15, 0.2) is 48.7 Å². The Morgan fingerprint density at radius 3 is 2.57 bits per heavy atom. The summed E-state index contributed by atoms with van der Waals surface area (Å²) in [5.41, 5.74) is 2.05. The predicted molar refractivity (Wildman–Crippen MR) is 114 cm³/mol. The largest absolute Gasteiger partial charge is 0.362 e. The number of aromatic nitrogens is 1. The molecule has 1 saturated heterocycles. The number of nitro benzene ring substituents is 1. The van der Waals surface area contributed by atoms with Gasteiger partial charge < -0.3 is 20.1 Å². The van der Waals surface area contributed by atoms with Gasteiger partial charge >= 0.3 is 0 Å². The molecule has 0 radical (unpaired) electrons. The third-order valence-electron chi connectivity index (χ3n) is 5.34. The van der Waals surface area contributed by atoms with Crippen LogP contribution in [-0.4, -0.2) is 52.8 Å². The van der Waals surface area contributed by atoms with Gasteiger partial charge in [0.15, 0.2) is 0 Å². The lowest BCUT2D eigenvalue weighted by atomic mass is 10.1. The van der Waals surface area contributed by atoms with Crippen LogP contribution >= 0.6 is 0 Å². The molecule has 30 heavy (non-hydrogen) atoms. The summed E-state index contributed by atoms with van der Waals surface area (Å²) in [5, 5.41) is 15.4. The Balaban J connectivity index is 1.57. The van der Waals surface area contributed by atoms with Crippen molar-refractivity contribution in [2.24, 2.45) is 0 Å². The third-order valence-corrected chi connectivity index (χ3v) is 5.34. The number of hydrogen-bond acceptors (Lipinski definition) is 5. The molecule has 2 aromatic carbocycles. The van der Waals surface area contributed by atoms with Gasteiger partial charge in [-0.05, 0) is 30.3 Å². The van der Waals surface area contributed by atoms with E-state index in [1.54, 1.807) is 29.3 Å². The zero-order chi connectivity index (χ0) is 21.3. The van der Waals surface area contributed by atoms with Crippen LogP contribution in [0.2, 0.25) is 0 Å². The van der Waals surface area contributed by atoms with Gasteiger partial charge in [0.2, 0.25) is 5.91 Å². The van der Waals surface area contributed by atoms with Crippen molar-refractivity contribution >= 4 is 39.8 Å². The van der Waals surface area contributed by atoms with Crippen molar-refractivity contribution in [2.45, 2.75) is 6.92 Å². The van der Waals surface area contributed by atoms with E-state index >= 15 is 0 Å². The molecule has 4 rings (SSSR count). The van der Waals surface area contributed by atoms with E-state index in [1.807, 2.05) is 23.1 Å². The van der Waals surface area contributed by atoms with Crippen LogP contribution in [0, 0.1) is 10.1 Å². The van der Waals surface area contributed by atoms with Crippen molar-refractivity contribution in [1.29, 1.82) is 0 Å². The van der Waals surface area contributed by atoms with Crippen molar-refractivity contribution in [1.82, 2.24) is 9.88 Å². The van der Waals surface area contributed by atoms with Gasteiger partial charge in [-0.15, -0.1) is 0 Å². The SMILES string of the molecule is CC(=O)N1CCN(c2ccc(C(=O)Nc3cccc4[nH]ccc34)cc2[N+](=O)[O-])CC1. The summed E-state index contributed by atoms with van der Waals surface area (Å²) < 4.78 is 0. The number of aromatic amines is 1. The molecule has 0 saturated carbocycles. The molecule has 2 heterocycles. The maximum absolute atomic E-state index is 12.8. The zero-order valence-corrected chi connectivity index (χ0v) is 16.4. The van der Waals surface area contributed by atoms with Crippen LogP contribution in [-0.2, 0) is 4.79 Å². The highest BCUT2D eigenvalue weighted by atomic mass is 16.6. The lowest BCUT2D eigenvalue weighted by Crippen LogP contribution is -2.48. The van der Waals surface area contributed by atoms with E-state index in [0.717, 1.165) is 10.9 Å². The summed E-state index contributed by atoms with van der Waals surface area (Å²) in [5.74, 6) is -0.423. The number of nitrogens with zero attached hydrogens (tertiary/aromatic N) is 3. The number of nitrogens with one attached hydrogen (secondary N) is 2. The van der Waals surface area contributed by atoms with Crippen LogP contribution in [0.5, 0.6) is 0 Å². The molecule has 1 aliphatic heterocycles. The summed E-state index contributed by atoms with van der Waals surface area (Å²) in [6.07, 6.45) is 1.78. The standard InChI is InChI=1S/C21H21N5O4/c1-14(27)24-9-11-25(12-10-24)19-6-5-15(13-20(19)26(29)30)21(28)23-18-4-2-3-17-16(18)7-8-22-17/h2-8,13,22H,9-12H2,1H3,(H,23,28). The van der Waals surface area contributed by atoms with Crippen LogP contribution < -0.4 is 10.2 Å². The van der Waals surface area contributed by atoms with Gasteiger partial charge in [-0.3, -0.25) is 19.7 Å². The van der Waals surface area contributed by atoms with E-state index in [9.17, 15) is 19.7 Å². The first kappa shape index (κ1) is 19.4. The highest BCUT2D eigenvalue weighted by molar-refractivity contribution is 6.09. The Morgan fingerprint density at radius 2 is 1.87 bits per heavy atom. The predicted octanol–water partition coefficient (Wildman–Crippen LogP) is 3.00. The number of carbonyl (C=O) groups is 2. The minimum atomic E-state index is -0.476. The fourth-order valence-electron chi connectivity index (χ4n) is 3.73. The highest BCUT2D eigenvalue weighted by Gasteiger charge is 2.26. The van der Waals surface area contributed by atoms with E-state index in [1.165, 1.54) is 13.0 Å². The van der Waals surface area contributed by atoms with Crippen LogP contribution in [0.3, 0.4) is 0 Å². The Labute approximate surface area is 172 Å². The third kappa shape index (κ3) is 3.69. The van der Waals surface area contributed by atoms with Gasteiger partial charge in [0, 0.05) is 61.8 Å². The molecule has 9 heteroatoms. The molecule has 0 unspecified atom stereocenters. The van der Waals surface area contributed by atoms with Gasteiger partial charge in [-0.25, -0.2) is 0 Å². The molecule has 0 aliphatic carbocycles. The number of H-pyrrole nitrogens is 1. The number of carbonyl (C=O) groups excluding carboxylic acids is 2. The second kappa shape index (κ2) is 7.86. The quantitative estimate of drug-likeness (QED) is 0.510. The molecule has 2 amide bonds. The van der Waals surface area contributed by atoms with Gasteiger partial charge in [-0.2, -0.15) is 0 Å². The molecular weight excluding hydrogens is 386 g/mol. The number of rotatable bonds is 4. The van der Waals surface area contributed by atoms with Crippen LogP contribution in [0.1, 0.15) is 17.3 Å². The van der Waals surface area contributed by atoms with Crippen molar-refractivity contribution in [3.8, 4) is 0 Å².